The summed E-state index contributed by atoms with van der Waals surface area (Å²) in [6.45, 7) is 7.84. The quantitative estimate of drug-likeness (QED) is 0.637. The monoisotopic (exact) mass is 186 g/mol. The molecule has 0 spiro atoms. The topological polar surface area (TPSA) is 26.3 Å². The molecule has 0 aliphatic rings. The van der Waals surface area contributed by atoms with Crippen LogP contribution in [-0.2, 0) is 9.53 Å². The molecule has 0 radical (unpaired) electrons. The first-order valence-corrected chi connectivity index (χ1v) is 5.02. The molecule has 0 saturated carbocycles. The fourth-order valence-electron chi connectivity index (χ4n) is 1.15. The van der Waals surface area contributed by atoms with E-state index in [2.05, 4.69) is 13.8 Å². The first-order valence-electron chi connectivity index (χ1n) is 5.02. The minimum Gasteiger partial charge on any atom is -0.371 e. The van der Waals surface area contributed by atoms with Crippen molar-refractivity contribution in [2.24, 2.45) is 5.92 Å². The third-order valence-corrected chi connectivity index (χ3v) is 3.01. The Balaban J connectivity index is 4.05. The lowest BCUT2D eigenvalue weighted by molar-refractivity contribution is -0.137. The van der Waals surface area contributed by atoms with Gasteiger partial charge in [-0.1, -0.05) is 20.3 Å². The summed E-state index contributed by atoms with van der Waals surface area (Å²) in [6.07, 6.45) is 3.05. The Hall–Kier alpha value is -0.370. The van der Waals surface area contributed by atoms with Crippen LogP contribution in [0.2, 0.25) is 0 Å². The second-order valence-corrected chi connectivity index (χ2v) is 4.04. The third kappa shape index (κ3) is 3.90. The maximum Gasteiger partial charge on any atom is 0.161 e. The van der Waals surface area contributed by atoms with E-state index in [4.69, 9.17) is 4.74 Å². The van der Waals surface area contributed by atoms with Gasteiger partial charge in [0.25, 0.3) is 0 Å². The molecule has 2 atom stereocenters. The Kier molecular flexibility index (Phi) is 5.23. The first-order chi connectivity index (χ1) is 5.96. The van der Waals surface area contributed by atoms with Crippen molar-refractivity contribution in [2.45, 2.75) is 52.6 Å². The number of carbonyl (C=O) groups excluding carboxylic acids is 1. The zero-order valence-corrected chi connectivity index (χ0v) is 9.52. The number of rotatable bonds is 6. The second kappa shape index (κ2) is 5.38. The number of hydrogen-bond acceptors (Lipinski definition) is 2. The summed E-state index contributed by atoms with van der Waals surface area (Å²) >= 11 is 0. The van der Waals surface area contributed by atoms with Crippen LogP contribution in [0.3, 0.4) is 0 Å². The molecule has 13 heavy (non-hydrogen) atoms. The predicted molar refractivity (Wildman–Crippen MR) is 54.8 cm³/mol. The minimum absolute atomic E-state index is 0.123. The Morgan fingerprint density at radius 3 is 2.38 bits per heavy atom. The average molecular weight is 186 g/mol. The number of ether oxygens (including phenoxy) is 1. The fourth-order valence-corrected chi connectivity index (χ4v) is 1.15. The molecule has 78 valence electrons. The molecular weight excluding hydrogens is 164 g/mol. The molecule has 0 aromatic carbocycles. The fraction of sp³-hybridized carbons (Fsp3) is 0.909. The van der Waals surface area contributed by atoms with Gasteiger partial charge in [0, 0.05) is 7.11 Å². The Bertz CT molecular complexity index is 165. The summed E-state index contributed by atoms with van der Waals surface area (Å²) in [5.41, 5.74) is -0.566. The largest absolute Gasteiger partial charge is 0.371 e. The van der Waals surface area contributed by atoms with Crippen LogP contribution in [0, 0.1) is 5.92 Å². The standard InChI is InChI=1S/C11H22O2/c1-6-9(2)7-8-11(4,13-5)10(3)12/h9H,6-8H2,1-5H3. The van der Waals surface area contributed by atoms with E-state index in [1.54, 1.807) is 14.0 Å². The molecular formula is C11H22O2. The minimum atomic E-state index is -0.566. The number of Topliss-reactive ketones (excluding diaryl/α,β-unsaturated/α-hetero) is 1. The highest BCUT2D eigenvalue weighted by molar-refractivity contribution is 5.84. The number of ketones is 1. The van der Waals surface area contributed by atoms with Crippen molar-refractivity contribution in [1.29, 1.82) is 0 Å². The van der Waals surface area contributed by atoms with Crippen molar-refractivity contribution in [3.8, 4) is 0 Å². The lowest BCUT2D eigenvalue weighted by Gasteiger charge is -2.26. The highest BCUT2D eigenvalue weighted by Crippen LogP contribution is 2.22. The Labute approximate surface area is 81.7 Å². The van der Waals surface area contributed by atoms with Gasteiger partial charge in [-0.2, -0.15) is 0 Å². The van der Waals surface area contributed by atoms with Crippen LogP contribution in [0.25, 0.3) is 0 Å². The third-order valence-electron chi connectivity index (χ3n) is 3.01. The van der Waals surface area contributed by atoms with Crippen molar-refractivity contribution >= 4 is 5.78 Å². The van der Waals surface area contributed by atoms with Gasteiger partial charge in [0.2, 0.25) is 0 Å². The predicted octanol–water partition coefficient (Wildman–Crippen LogP) is 2.81. The van der Waals surface area contributed by atoms with Crippen LogP contribution in [0.5, 0.6) is 0 Å². The van der Waals surface area contributed by atoms with Gasteiger partial charge < -0.3 is 4.74 Å². The number of methoxy groups -OCH3 is 1. The zero-order chi connectivity index (χ0) is 10.5. The molecule has 0 saturated heterocycles. The lowest BCUT2D eigenvalue weighted by Crippen LogP contribution is -2.35. The van der Waals surface area contributed by atoms with Gasteiger partial charge in [-0.3, -0.25) is 4.79 Å². The summed E-state index contributed by atoms with van der Waals surface area (Å²) in [7, 11) is 1.61. The van der Waals surface area contributed by atoms with Crippen LogP contribution in [0.15, 0.2) is 0 Å². The molecule has 0 aliphatic carbocycles. The molecule has 2 nitrogen and oxygen atoms in total. The first kappa shape index (κ1) is 12.6. The second-order valence-electron chi connectivity index (χ2n) is 4.04. The highest BCUT2D eigenvalue weighted by Gasteiger charge is 2.29. The van der Waals surface area contributed by atoms with Crippen LogP contribution < -0.4 is 0 Å². The normalized spacial score (nSPS) is 17.9. The van der Waals surface area contributed by atoms with Gasteiger partial charge in [0.15, 0.2) is 5.78 Å². The van der Waals surface area contributed by atoms with Crippen LogP contribution in [0.1, 0.15) is 47.0 Å². The molecule has 0 aliphatic heterocycles. The zero-order valence-electron chi connectivity index (χ0n) is 9.52. The van der Waals surface area contributed by atoms with Crippen LogP contribution in [0.4, 0.5) is 0 Å². The van der Waals surface area contributed by atoms with Gasteiger partial charge in [-0.25, -0.2) is 0 Å². The molecule has 2 unspecified atom stereocenters. The maximum atomic E-state index is 11.3. The molecule has 2 heteroatoms. The lowest BCUT2D eigenvalue weighted by atomic mass is 9.90. The van der Waals surface area contributed by atoms with Gasteiger partial charge in [-0.15, -0.1) is 0 Å². The van der Waals surface area contributed by atoms with Crippen molar-refractivity contribution < 1.29 is 9.53 Å². The van der Waals surface area contributed by atoms with Crippen molar-refractivity contribution in [1.82, 2.24) is 0 Å². The van der Waals surface area contributed by atoms with Crippen molar-refractivity contribution in [2.75, 3.05) is 7.11 Å². The van der Waals surface area contributed by atoms with Crippen molar-refractivity contribution in [3.05, 3.63) is 0 Å². The van der Waals surface area contributed by atoms with E-state index in [9.17, 15) is 4.79 Å². The molecule has 0 fully saturated rings. The van der Waals surface area contributed by atoms with E-state index < -0.39 is 5.60 Å². The SMILES string of the molecule is CCC(C)CCC(C)(OC)C(C)=O. The number of hydrogen-bond donors (Lipinski definition) is 0. The van der Waals surface area contributed by atoms with E-state index in [1.165, 1.54) is 0 Å². The molecule has 0 N–H and O–H groups in total. The Morgan fingerprint density at radius 2 is 2.08 bits per heavy atom. The number of carbonyl (C=O) groups is 1. The molecule has 0 heterocycles. The van der Waals surface area contributed by atoms with E-state index in [0.717, 1.165) is 19.3 Å². The van der Waals surface area contributed by atoms with Crippen molar-refractivity contribution in [3.63, 3.8) is 0 Å². The van der Waals surface area contributed by atoms with Gasteiger partial charge in [-0.05, 0) is 32.6 Å². The summed E-state index contributed by atoms with van der Waals surface area (Å²) < 4.78 is 5.24. The van der Waals surface area contributed by atoms with Gasteiger partial charge in [0.05, 0.1) is 0 Å². The average Bonchev–Trinajstić information content (AvgIpc) is 2.13. The maximum absolute atomic E-state index is 11.3. The van der Waals surface area contributed by atoms with E-state index >= 15 is 0 Å². The van der Waals surface area contributed by atoms with E-state index in [1.807, 2.05) is 6.92 Å². The molecule has 0 rings (SSSR count). The van der Waals surface area contributed by atoms with E-state index in [0.29, 0.717) is 5.92 Å². The summed E-state index contributed by atoms with van der Waals surface area (Å²) in [5, 5.41) is 0. The molecule has 0 aromatic heterocycles. The molecule has 0 aromatic rings. The van der Waals surface area contributed by atoms with Crippen LogP contribution >= 0.6 is 0 Å². The summed E-state index contributed by atoms with van der Waals surface area (Å²) in [6, 6.07) is 0. The van der Waals surface area contributed by atoms with E-state index in [-0.39, 0.29) is 5.78 Å². The summed E-state index contributed by atoms with van der Waals surface area (Å²) in [5.74, 6) is 0.798. The van der Waals surface area contributed by atoms with Gasteiger partial charge >= 0.3 is 0 Å². The van der Waals surface area contributed by atoms with Gasteiger partial charge in [0.1, 0.15) is 5.60 Å². The molecule has 0 amide bonds. The summed E-state index contributed by atoms with van der Waals surface area (Å²) in [4.78, 5) is 11.3. The van der Waals surface area contributed by atoms with Crippen LogP contribution in [-0.4, -0.2) is 18.5 Å². The Morgan fingerprint density at radius 1 is 1.54 bits per heavy atom. The smallest absolute Gasteiger partial charge is 0.161 e. The molecule has 0 bridgehead atoms. The highest BCUT2D eigenvalue weighted by atomic mass is 16.5.